The predicted octanol–water partition coefficient (Wildman–Crippen LogP) is 1.77. The first-order valence-electron chi connectivity index (χ1n) is 5.75. The standard InChI is InChI=1S/C12H15ClN2O2/c13-11-5-4-8(7-14-11)12(17)15-9-2-1-3-10(16)6-9/h4-5,7,9-10,16H,1-3,6H2,(H,15,17). The number of aliphatic hydroxyl groups is 1. The van der Waals surface area contributed by atoms with Gasteiger partial charge < -0.3 is 10.4 Å². The molecule has 1 aromatic heterocycles. The summed E-state index contributed by atoms with van der Waals surface area (Å²) in [6.07, 6.45) is 4.49. The van der Waals surface area contributed by atoms with Crippen molar-refractivity contribution in [3.8, 4) is 0 Å². The molecule has 0 aromatic carbocycles. The summed E-state index contributed by atoms with van der Waals surface area (Å²) in [5.41, 5.74) is 0.495. The van der Waals surface area contributed by atoms with Crippen LogP contribution in [0.3, 0.4) is 0 Å². The summed E-state index contributed by atoms with van der Waals surface area (Å²) in [4.78, 5) is 15.7. The first kappa shape index (κ1) is 12.3. The topological polar surface area (TPSA) is 62.2 Å². The van der Waals surface area contributed by atoms with Crippen molar-refractivity contribution in [1.82, 2.24) is 10.3 Å². The van der Waals surface area contributed by atoms with Crippen LogP contribution < -0.4 is 5.32 Å². The Morgan fingerprint density at radius 3 is 2.94 bits per heavy atom. The van der Waals surface area contributed by atoms with Crippen LogP contribution in [0.2, 0.25) is 5.15 Å². The summed E-state index contributed by atoms with van der Waals surface area (Å²) < 4.78 is 0. The van der Waals surface area contributed by atoms with Crippen molar-refractivity contribution in [3.63, 3.8) is 0 Å². The Hall–Kier alpha value is -1.13. The van der Waals surface area contributed by atoms with Gasteiger partial charge in [-0.2, -0.15) is 0 Å². The molecule has 5 heteroatoms. The highest BCUT2D eigenvalue weighted by atomic mass is 35.5. The first-order valence-corrected chi connectivity index (χ1v) is 6.13. The van der Waals surface area contributed by atoms with Crippen LogP contribution in [-0.2, 0) is 0 Å². The zero-order chi connectivity index (χ0) is 12.3. The first-order chi connectivity index (χ1) is 8.15. The number of carbonyl (C=O) groups excluding carboxylic acids is 1. The van der Waals surface area contributed by atoms with Gasteiger partial charge in [0.15, 0.2) is 0 Å². The number of amides is 1. The minimum atomic E-state index is -0.294. The Bertz CT molecular complexity index is 394. The average Bonchev–Trinajstić information content (AvgIpc) is 2.29. The summed E-state index contributed by atoms with van der Waals surface area (Å²) in [6.45, 7) is 0. The highest BCUT2D eigenvalue weighted by molar-refractivity contribution is 6.29. The van der Waals surface area contributed by atoms with Crippen molar-refractivity contribution in [1.29, 1.82) is 0 Å². The third kappa shape index (κ3) is 3.41. The molecule has 0 bridgehead atoms. The third-order valence-electron chi connectivity index (χ3n) is 2.97. The van der Waals surface area contributed by atoms with Crippen LogP contribution in [0.25, 0.3) is 0 Å². The number of aromatic nitrogens is 1. The monoisotopic (exact) mass is 254 g/mol. The molecule has 17 heavy (non-hydrogen) atoms. The van der Waals surface area contributed by atoms with Gasteiger partial charge in [0.1, 0.15) is 5.15 Å². The molecular formula is C12H15ClN2O2. The van der Waals surface area contributed by atoms with Crippen LogP contribution in [0, 0.1) is 0 Å². The largest absolute Gasteiger partial charge is 0.393 e. The summed E-state index contributed by atoms with van der Waals surface area (Å²) in [6, 6.07) is 3.29. The molecule has 1 aliphatic rings. The minimum Gasteiger partial charge on any atom is -0.393 e. The molecular weight excluding hydrogens is 240 g/mol. The van der Waals surface area contributed by atoms with Gasteiger partial charge in [-0.05, 0) is 37.8 Å². The van der Waals surface area contributed by atoms with Gasteiger partial charge in [-0.1, -0.05) is 11.6 Å². The number of aliphatic hydroxyl groups excluding tert-OH is 1. The molecule has 0 spiro atoms. The maximum atomic E-state index is 11.9. The summed E-state index contributed by atoms with van der Waals surface area (Å²) in [5.74, 6) is -0.159. The number of nitrogens with zero attached hydrogens (tertiary/aromatic N) is 1. The summed E-state index contributed by atoms with van der Waals surface area (Å²) >= 11 is 5.65. The lowest BCUT2D eigenvalue weighted by Crippen LogP contribution is -2.39. The van der Waals surface area contributed by atoms with E-state index in [1.165, 1.54) is 6.20 Å². The molecule has 0 saturated heterocycles. The normalized spacial score (nSPS) is 24.4. The van der Waals surface area contributed by atoms with Crippen molar-refractivity contribution >= 4 is 17.5 Å². The van der Waals surface area contributed by atoms with Crippen LogP contribution in [0.1, 0.15) is 36.0 Å². The molecule has 2 atom stereocenters. The predicted molar refractivity (Wildman–Crippen MR) is 65.0 cm³/mol. The Morgan fingerprint density at radius 2 is 2.29 bits per heavy atom. The van der Waals surface area contributed by atoms with Crippen molar-refractivity contribution in [2.45, 2.75) is 37.8 Å². The maximum absolute atomic E-state index is 11.9. The highest BCUT2D eigenvalue weighted by Gasteiger charge is 2.21. The molecule has 1 heterocycles. The van der Waals surface area contributed by atoms with E-state index in [0.29, 0.717) is 17.1 Å². The van der Waals surface area contributed by atoms with Gasteiger partial charge in [-0.25, -0.2) is 4.98 Å². The van der Waals surface area contributed by atoms with Crippen LogP contribution >= 0.6 is 11.6 Å². The lowest BCUT2D eigenvalue weighted by atomic mass is 9.93. The maximum Gasteiger partial charge on any atom is 0.253 e. The van der Waals surface area contributed by atoms with E-state index < -0.39 is 0 Å². The van der Waals surface area contributed by atoms with Crippen molar-refractivity contribution in [3.05, 3.63) is 29.0 Å². The molecule has 0 aliphatic heterocycles. The Morgan fingerprint density at radius 1 is 1.47 bits per heavy atom. The van der Waals surface area contributed by atoms with Gasteiger partial charge in [0.05, 0.1) is 11.7 Å². The molecule has 1 aliphatic carbocycles. The average molecular weight is 255 g/mol. The second-order valence-corrected chi connectivity index (χ2v) is 4.75. The second-order valence-electron chi connectivity index (χ2n) is 4.36. The number of nitrogens with one attached hydrogen (secondary N) is 1. The van der Waals surface area contributed by atoms with Crippen LogP contribution in [-0.4, -0.2) is 28.1 Å². The number of carbonyl (C=O) groups is 1. The van der Waals surface area contributed by atoms with Crippen molar-refractivity contribution in [2.24, 2.45) is 0 Å². The fraction of sp³-hybridized carbons (Fsp3) is 0.500. The van der Waals surface area contributed by atoms with E-state index in [4.69, 9.17) is 11.6 Å². The molecule has 4 nitrogen and oxygen atoms in total. The van der Waals surface area contributed by atoms with Crippen LogP contribution in [0.15, 0.2) is 18.3 Å². The number of hydrogen-bond donors (Lipinski definition) is 2. The fourth-order valence-electron chi connectivity index (χ4n) is 2.07. The fourth-order valence-corrected chi connectivity index (χ4v) is 2.19. The van der Waals surface area contributed by atoms with E-state index >= 15 is 0 Å². The lowest BCUT2D eigenvalue weighted by molar-refractivity contribution is 0.0849. The molecule has 1 fully saturated rings. The van der Waals surface area contributed by atoms with E-state index in [-0.39, 0.29) is 18.1 Å². The zero-order valence-corrected chi connectivity index (χ0v) is 10.2. The number of halogens is 1. The molecule has 2 rings (SSSR count). The SMILES string of the molecule is O=C(NC1CCCC(O)C1)c1ccc(Cl)nc1. The second kappa shape index (κ2) is 5.47. The molecule has 1 aromatic rings. The van der Waals surface area contributed by atoms with Gasteiger partial charge in [-0.15, -0.1) is 0 Å². The molecule has 92 valence electrons. The Kier molecular flexibility index (Phi) is 3.97. The number of rotatable bonds is 2. The smallest absolute Gasteiger partial charge is 0.253 e. The van der Waals surface area contributed by atoms with Crippen LogP contribution in [0.5, 0.6) is 0 Å². The van der Waals surface area contributed by atoms with E-state index in [1.807, 2.05) is 0 Å². The number of hydrogen-bond acceptors (Lipinski definition) is 3. The third-order valence-corrected chi connectivity index (χ3v) is 3.19. The quantitative estimate of drug-likeness (QED) is 0.791. The molecule has 2 unspecified atom stereocenters. The van der Waals surface area contributed by atoms with Gasteiger partial charge in [0, 0.05) is 12.2 Å². The lowest BCUT2D eigenvalue weighted by Gasteiger charge is -2.26. The Labute approximate surface area is 105 Å². The van der Waals surface area contributed by atoms with Gasteiger partial charge in [0.2, 0.25) is 0 Å². The van der Waals surface area contributed by atoms with Crippen molar-refractivity contribution < 1.29 is 9.90 Å². The van der Waals surface area contributed by atoms with E-state index in [1.54, 1.807) is 12.1 Å². The van der Waals surface area contributed by atoms with E-state index in [2.05, 4.69) is 10.3 Å². The van der Waals surface area contributed by atoms with E-state index in [0.717, 1.165) is 19.3 Å². The van der Waals surface area contributed by atoms with Gasteiger partial charge in [0.25, 0.3) is 5.91 Å². The molecule has 0 radical (unpaired) electrons. The molecule has 1 amide bonds. The number of pyridine rings is 1. The summed E-state index contributed by atoms with van der Waals surface area (Å²) in [5, 5.41) is 12.8. The molecule has 1 saturated carbocycles. The van der Waals surface area contributed by atoms with Crippen molar-refractivity contribution in [2.75, 3.05) is 0 Å². The minimum absolute atomic E-state index is 0.0573. The van der Waals surface area contributed by atoms with Gasteiger partial charge in [-0.3, -0.25) is 4.79 Å². The summed E-state index contributed by atoms with van der Waals surface area (Å²) in [7, 11) is 0. The highest BCUT2D eigenvalue weighted by Crippen LogP contribution is 2.18. The molecule has 2 N–H and O–H groups in total. The van der Waals surface area contributed by atoms with Gasteiger partial charge >= 0.3 is 0 Å². The zero-order valence-electron chi connectivity index (χ0n) is 9.40. The Balaban J connectivity index is 1.94. The van der Waals surface area contributed by atoms with E-state index in [9.17, 15) is 9.90 Å². The van der Waals surface area contributed by atoms with Crippen LogP contribution in [0.4, 0.5) is 0 Å².